The third-order valence-electron chi connectivity index (χ3n) is 5.59. The minimum Gasteiger partial charge on any atom is -0.444 e. The minimum absolute atomic E-state index is 0.0430. The fourth-order valence-corrected chi connectivity index (χ4v) is 4.88. The average molecular weight is 481 g/mol. The van der Waals surface area contributed by atoms with Crippen LogP contribution >= 0.6 is 11.3 Å². The number of amides is 1. The quantitative estimate of drug-likeness (QED) is 0.378. The van der Waals surface area contributed by atoms with Gasteiger partial charge < -0.3 is 15.2 Å². The van der Waals surface area contributed by atoms with Gasteiger partial charge in [-0.15, -0.1) is 11.3 Å². The van der Waals surface area contributed by atoms with E-state index < -0.39 is 23.8 Å². The van der Waals surface area contributed by atoms with E-state index in [0.29, 0.717) is 12.8 Å². The van der Waals surface area contributed by atoms with E-state index in [1.165, 1.54) is 10.4 Å². The van der Waals surface area contributed by atoms with Crippen molar-refractivity contribution in [3.05, 3.63) is 87.9 Å². The fourth-order valence-electron chi connectivity index (χ4n) is 3.91. The highest BCUT2D eigenvalue weighted by molar-refractivity contribution is 7.11. The van der Waals surface area contributed by atoms with E-state index in [2.05, 4.69) is 29.4 Å². The molecule has 1 amide bonds. The number of nitrogens with zero attached hydrogens (tertiary/aromatic N) is 1. The van der Waals surface area contributed by atoms with E-state index in [1.54, 1.807) is 11.3 Å². The zero-order valence-electron chi connectivity index (χ0n) is 20.5. The molecule has 0 saturated heterocycles. The van der Waals surface area contributed by atoms with Crippen molar-refractivity contribution >= 4 is 17.4 Å². The van der Waals surface area contributed by atoms with Crippen molar-refractivity contribution in [3.63, 3.8) is 0 Å². The Hall–Kier alpha value is -2.70. The summed E-state index contributed by atoms with van der Waals surface area (Å²) in [6.07, 6.45) is 3.36. The van der Waals surface area contributed by atoms with E-state index in [0.717, 1.165) is 23.4 Å². The Balaban J connectivity index is 1.81. The normalized spacial score (nSPS) is 14.3. The lowest BCUT2D eigenvalue weighted by Crippen LogP contribution is -2.47. The maximum atomic E-state index is 12.6. The third-order valence-corrected chi connectivity index (χ3v) is 6.89. The predicted octanol–water partition coefficient (Wildman–Crippen LogP) is 5.92. The van der Waals surface area contributed by atoms with Gasteiger partial charge in [0.2, 0.25) is 0 Å². The van der Waals surface area contributed by atoms with Gasteiger partial charge in [0.15, 0.2) is 0 Å². The van der Waals surface area contributed by atoms with E-state index in [4.69, 9.17) is 4.74 Å². The van der Waals surface area contributed by atoms with Crippen LogP contribution in [0.15, 0.2) is 66.9 Å². The number of carbonyl (C=O) groups excluding carboxylic acids is 1. The van der Waals surface area contributed by atoms with Crippen LogP contribution in [-0.4, -0.2) is 33.9 Å². The molecular formula is C28H36N2O3S. The number of aromatic nitrogens is 1. The Bertz CT molecular complexity index is 1010. The van der Waals surface area contributed by atoms with Crippen LogP contribution in [0.2, 0.25) is 0 Å². The molecule has 2 aromatic carbocycles. The molecule has 1 heterocycles. The standard InChI is InChI=1S/C28H36N2O3S/c1-5-23-19-29-26(34-23)22(16-20-12-8-6-9-13-20)18-25(31)24(17-21-14-10-7-11-15-21)30-27(32)33-28(2,3)4/h6-15,19,22,24-25,31H,5,16-18H2,1-4H3,(H,30,32)/t22-,24+,25+/m1/s1. The van der Waals surface area contributed by atoms with Gasteiger partial charge in [-0.05, 0) is 57.6 Å². The molecule has 5 nitrogen and oxygen atoms in total. The van der Waals surface area contributed by atoms with Gasteiger partial charge in [0, 0.05) is 17.0 Å². The molecule has 182 valence electrons. The van der Waals surface area contributed by atoms with Crippen LogP contribution in [0.1, 0.15) is 61.0 Å². The third kappa shape index (κ3) is 8.26. The molecule has 0 radical (unpaired) electrons. The summed E-state index contributed by atoms with van der Waals surface area (Å²) in [6.45, 7) is 7.62. The second-order valence-corrected chi connectivity index (χ2v) is 10.8. The molecule has 3 atom stereocenters. The summed E-state index contributed by atoms with van der Waals surface area (Å²) in [5, 5.41) is 15.4. The van der Waals surface area contributed by atoms with Crippen molar-refractivity contribution in [3.8, 4) is 0 Å². The van der Waals surface area contributed by atoms with E-state index in [1.807, 2.05) is 75.5 Å². The molecule has 34 heavy (non-hydrogen) atoms. The van der Waals surface area contributed by atoms with Gasteiger partial charge in [0.1, 0.15) is 5.60 Å². The number of rotatable bonds is 10. The molecule has 0 aliphatic carbocycles. The number of ether oxygens (including phenoxy) is 1. The van der Waals surface area contributed by atoms with E-state index in [-0.39, 0.29) is 5.92 Å². The molecule has 0 spiro atoms. The maximum absolute atomic E-state index is 12.6. The average Bonchev–Trinajstić information content (AvgIpc) is 3.28. The Morgan fingerprint density at radius 1 is 1.03 bits per heavy atom. The molecule has 3 rings (SSSR count). The van der Waals surface area contributed by atoms with Crippen molar-refractivity contribution in [2.24, 2.45) is 0 Å². The van der Waals surface area contributed by atoms with Crippen LogP contribution in [0, 0.1) is 0 Å². The summed E-state index contributed by atoms with van der Waals surface area (Å²) in [7, 11) is 0. The van der Waals surface area contributed by atoms with Crippen LogP contribution in [0.3, 0.4) is 0 Å². The van der Waals surface area contributed by atoms with E-state index >= 15 is 0 Å². The molecule has 6 heteroatoms. The lowest BCUT2D eigenvalue weighted by molar-refractivity contribution is 0.0405. The van der Waals surface area contributed by atoms with Crippen molar-refractivity contribution in [2.75, 3.05) is 0 Å². The van der Waals surface area contributed by atoms with Crippen LogP contribution < -0.4 is 5.32 Å². The number of carbonyl (C=O) groups is 1. The van der Waals surface area contributed by atoms with E-state index in [9.17, 15) is 9.90 Å². The molecular weight excluding hydrogens is 444 g/mol. The maximum Gasteiger partial charge on any atom is 0.407 e. The van der Waals surface area contributed by atoms with Crippen LogP contribution in [0.5, 0.6) is 0 Å². The van der Waals surface area contributed by atoms with Crippen LogP contribution in [-0.2, 0) is 24.0 Å². The van der Waals surface area contributed by atoms with Crippen LogP contribution in [0.4, 0.5) is 4.79 Å². The number of aliphatic hydroxyl groups is 1. The topological polar surface area (TPSA) is 71.5 Å². The lowest BCUT2D eigenvalue weighted by Gasteiger charge is -2.29. The summed E-state index contributed by atoms with van der Waals surface area (Å²) in [4.78, 5) is 18.5. The van der Waals surface area contributed by atoms with Gasteiger partial charge >= 0.3 is 6.09 Å². The number of aliphatic hydroxyl groups excluding tert-OH is 1. The van der Waals surface area contributed by atoms with Gasteiger partial charge in [-0.1, -0.05) is 67.6 Å². The Morgan fingerprint density at radius 3 is 2.15 bits per heavy atom. The summed E-state index contributed by atoms with van der Waals surface area (Å²) in [6, 6.07) is 19.7. The molecule has 1 aromatic heterocycles. The van der Waals surface area contributed by atoms with Gasteiger partial charge in [0.25, 0.3) is 0 Å². The molecule has 2 N–H and O–H groups in total. The molecule has 0 saturated carbocycles. The number of alkyl carbamates (subject to hydrolysis) is 1. The van der Waals surface area contributed by atoms with Crippen LogP contribution in [0.25, 0.3) is 0 Å². The molecule has 0 aliphatic rings. The summed E-state index contributed by atoms with van der Waals surface area (Å²) >= 11 is 1.71. The largest absolute Gasteiger partial charge is 0.444 e. The van der Waals surface area contributed by atoms with Crippen molar-refractivity contribution < 1.29 is 14.6 Å². The number of nitrogens with one attached hydrogen (secondary N) is 1. The fraction of sp³-hybridized carbons (Fsp3) is 0.429. The number of hydrogen-bond acceptors (Lipinski definition) is 5. The molecule has 0 bridgehead atoms. The number of benzene rings is 2. The zero-order valence-corrected chi connectivity index (χ0v) is 21.3. The summed E-state index contributed by atoms with van der Waals surface area (Å²) in [5.41, 5.74) is 1.64. The summed E-state index contributed by atoms with van der Waals surface area (Å²) in [5.74, 6) is 0.0430. The minimum atomic E-state index is -0.768. The first-order valence-electron chi connectivity index (χ1n) is 11.9. The van der Waals surface area contributed by atoms with Crippen molar-refractivity contribution in [2.45, 2.75) is 77.0 Å². The van der Waals surface area contributed by atoms with Gasteiger partial charge in [-0.3, -0.25) is 0 Å². The monoisotopic (exact) mass is 480 g/mol. The highest BCUT2D eigenvalue weighted by atomic mass is 32.1. The smallest absolute Gasteiger partial charge is 0.407 e. The lowest BCUT2D eigenvalue weighted by atomic mass is 9.89. The second kappa shape index (κ2) is 12.1. The first kappa shape index (κ1) is 25.9. The van der Waals surface area contributed by atoms with Crippen molar-refractivity contribution in [1.29, 1.82) is 0 Å². The highest BCUT2D eigenvalue weighted by Gasteiger charge is 2.29. The van der Waals surface area contributed by atoms with Crippen molar-refractivity contribution in [1.82, 2.24) is 10.3 Å². The zero-order chi connectivity index (χ0) is 24.6. The Kier molecular flexibility index (Phi) is 9.25. The van der Waals surface area contributed by atoms with Gasteiger partial charge in [-0.25, -0.2) is 9.78 Å². The number of hydrogen-bond donors (Lipinski definition) is 2. The summed E-state index contributed by atoms with van der Waals surface area (Å²) < 4.78 is 5.49. The molecule has 0 fully saturated rings. The van der Waals surface area contributed by atoms with Gasteiger partial charge in [-0.2, -0.15) is 0 Å². The first-order valence-corrected chi connectivity index (χ1v) is 12.7. The highest BCUT2D eigenvalue weighted by Crippen LogP contribution is 2.31. The Morgan fingerprint density at radius 2 is 1.62 bits per heavy atom. The molecule has 0 unspecified atom stereocenters. The second-order valence-electron chi connectivity index (χ2n) is 9.65. The first-order chi connectivity index (χ1) is 16.2. The SMILES string of the molecule is CCc1cnc([C@H](Cc2ccccc2)C[C@H](O)[C@H](Cc2ccccc2)NC(=O)OC(C)(C)C)s1. The molecule has 0 aliphatic heterocycles. The number of aryl methyl sites for hydroxylation is 1. The molecule has 3 aromatic rings. The number of thiazole rings is 1. The Labute approximate surface area is 207 Å². The van der Waals surface area contributed by atoms with Gasteiger partial charge in [0.05, 0.1) is 17.2 Å². The predicted molar refractivity (Wildman–Crippen MR) is 138 cm³/mol.